The van der Waals surface area contributed by atoms with Gasteiger partial charge in [0.15, 0.2) is 5.65 Å². The minimum absolute atomic E-state index is 0.147. The number of anilines is 1. The van der Waals surface area contributed by atoms with Gasteiger partial charge in [0, 0.05) is 44.0 Å². The molecule has 1 aromatic carbocycles. The molecule has 0 radical (unpaired) electrons. The Labute approximate surface area is 230 Å². The molecule has 0 atom stereocenters. The Morgan fingerprint density at radius 2 is 1.73 bits per heavy atom. The van der Waals surface area contributed by atoms with E-state index in [4.69, 9.17) is 0 Å². The normalized spacial score (nSPS) is 19.8. The van der Waals surface area contributed by atoms with Crippen molar-refractivity contribution in [3.63, 3.8) is 0 Å². The molecular formula is C28H33N9O3. The molecule has 40 heavy (non-hydrogen) atoms. The zero-order chi connectivity index (χ0) is 27.3. The van der Waals surface area contributed by atoms with E-state index in [1.165, 1.54) is 10.9 Å². The van der Waals surface area contributed by atoms with Gasteiger partial charge < -0.3 is 14.9 Å². The van der Waals surface area contributed by atoms with Crippen LogP contribution in [0.4, 0.5) is 5.69 Å². The third kappa shape index (κ3) is 4.66. The SMILES string of the molecule is O=C(C1CC1)N1CCC(O)(Cn2cnc3c(cnn3-c3ccc(N4CCC(n5ccnn5)CC4)cc3)c2=O)CC1. The van der Waals surface area contributed by atoms with Crippen LogP contribution in [0.3, 0.4) is 0 Å². The maximum absolute atomic E-state index is 13.3. The summed E-state index contributed by atoms with van der Waals surface area (Å²) in [6.45, 7) is 3.06. The summed E-state index contributed by atoms with van der Waals surface area (Å²) in [5.41, 5.74) is 1.18. The van der Waals surface area contributed by atoms with E-state index in [0.717, 1.165) is 50.1 Å². The lowest BCUT2D eigenvalue weighted by molar-refractivity contribution is -0.137. The zero-order valence-corrected chi connectivity index (χ0v) is 22.3. The predicted octanol–water partition coefficient (Wildman–Crippen LogP) is 1.78. The highest BCUT2D eigenvalue weighted by Gasteiger charge is 2.39. The molecule has 12 nitrogen and oxygen atoms in total. The number of carbonyl (C=O) groups excluding carboxylic acids is 1. The van der Waals surface area contributed by atoms with Gasteiger partial charge in [0.1, 0.15) is 11.7 Å². The summed E-state index contributed by atoms with van der Waals surface area (Å²) in [5.74, 6) is 0.382. The summed E-state index contributed by atoms with van der Waals surface area (Å²) >= 11 is 0. The van der Waals surface area contributed by atoms with Crippen molar-refractivity contribution in [2.75, 3.05) is 31.1 Å². The number of hydrogen-bond acceptors (Lipinski definition) is 8. The van der Waals surface area contributed by atoms with Crippen LogP contribution in [0.5, 0.6) is 0 Å². The van der Waals surface area contributed by atoms with Crippen LogP contribution >= 0.6 is 0 Å². The summed E-state index contributed by atoms with van der Waals surface area (Å²) < 4.78 is 5.10. The van der Waals surface area contributed by atoms with Gasteiger partial charge >= 0.3 is 0 Å². The van der Waals surface area contributed by atoms with Crippen molar-refractivity contribution in [3.05, 3.63) is 59.5 Å². The number of rotatable bonds is 6. The monoisotopic (exact) mass is 543 g/mol. The average molecular weight is 544 g/mol. The van der Waals surface area contributed by atoms with Crippen molar-refractivity contribution in [2.24, 2.45) is 5.92 Å². The van der Waals surface area contributed by atoms with Crippen molar-refractivity contribution in [1.82, 2.24) is 39.2 Å². The second kappa shape index (κ2) is 9.84. The maximum atomic E-state index is 13.3. The third-order valence-corrected chi connectivity index (χ3v) is 8.69. The van der Waals surface area contributed by atoms with Gasteiger partial charge in [-0.05, 0) is 62.8 Å². The number of fused-ring (bicyclic) bond motifs is 1. The van der Waals surface area contributed by atoms with E-state index in [1.54, 1.807) is 17.1 Å². The second-order valence-electron chi connectivity index (χ2n) is 11.4. The maximum Gasteiger partial charge on any atom is 0.264 e. The van der Waals surface area contributed by atoms with Crippen LogP contribution in [-0.4, -0.2) is 82.0 Å². The molecule has 0 unspecified atom stereocenters. The first kappa shape index (κ1) is 24.9. The lowest BCUT2D eigenvalue weighted by Crippen LogP contribution is -2.50. The molecule has 3 aliphatic rings. The Balaban J connectivity index is 1.03. The second-order valence-corrected chi connectivity index (χ2v) is 11.4. The molecule has 0 bridgehead atoms. The number of nitrogens with zero attached hydrogens (tertiary/aromatic N) is 9. The summed E-state index contributed by atoms with van der Waals surface area (Å²) in [7, 11) is 0. The molecule has 1 saturated carbocycles. The quantitative estimate of drug-likeness (QED) is 0.390. The number of piperidine rings is 2. The molecule has 7 rings (SSSR count). The van der Waals surface area contributed by atoms with Crippen LogP contribution < -0.4 is 10.5 Å². The fraction of sp³-hybridized carbons (Fsp3) is 0.500. The zero-order valence-electron chi connectivity index (χ0n) is 22.3. The fourth-order valence-corrected chi connectivity index (χ4v) is 6.06. The predicted molar refractivity (Wildman–Crippen MR) is 147 cm³/mol. The standard InChI is InChI=1S/C28H33N9O3/c38-26(20-1-2-20)34-14-9-28(40,10-15-34)18-35-19-29-25-24(27(35)39)17-31-37(25)23-5-3-21(4-6-23)33-12-7-22(8-13-33)36-16-11-30-32-36/h3-6,11,16-17,19-20,22,40H,1-2,7-10,12-15,18H2. The molecule has 1 amide bonds. The molecular weight excluding hydrogens is 510 g/mol. The van der Waals surface area contributed by atoms with Crippen molar-refractivity contribution in [3.8, 4) is 5.69 Å². The number of benzene rings is 1. The van der Waals surface area contributed by atoms with Crippen LogP contribution in [-0.2, 0) is 11.3 Å². The number of aromatic nitrogens is 7. The van der Waals surface area contributed by atoms with Crippen LogP contribution in [0, 0.1) is 5.92 Å². The van der Waals surface area contributed by atoms with E-state index in [1.807, 2.05) is 27.9 Å². The first-order valence-electron chi connectivity index (χ1n) is 14.1. The highest BCUT2D eigenvalue weighted by atomic mass is 16.3. The minimum atomic E-state index is -1.05. The molecule has 1 aliphatic carbocycles. The minimum Gasteiger partial charge on any atom is -0.388 e. The van der Waals surface area contributed by atoms with E-state index in [-0.39, 0.29) is 23.9 Å². The number of hydrogen-bond donors (Lipinski definition) is 1. The molecule has 3 fully saturated rings. The van der Waals surface area contributed by atoms with E-state index >= 15 is 0 Å². The van der Waals surface area contributed by atoms with Gasteiger partial charge in [-0.1, -0.05) is 5.21 Å². The summed E-state index contributed by atoms with van der Waals surface area (Å²) in [6.07, 6.45) is 11.6. The molecule has 2 saturated heterocycles. The Kier molecular flexibility index (Phi) is 6.14. The van der Waals surface area contributed by atoms with Gasteiger partial charge in [-0.25, -0.2) is 14.3 Å². The number of likely N-dealkylation sites (tertiary alicyclic amines) is 1. The number of carbonyl (C=O) groups is 1. The molecule has 0 spiro atoms. The molecule has 2 aliphatic heterocycles. The van der Waals surface area contributed by atoms with E-state index in [9.17, 15) is 14.7 Å². The first-order chi connectivity index (χ1) is 19.5. The van der Waals surface area contributed by atoms with Gasteiger partial charge in [0.25, 0.3) is 5.56 Å². The smallest absolute Gasteiger partial charge is 0.264 e. The van der Waals surface area contributed by atoms with Gasteiger partial charge in [0.2, 0.25) is 5.91 Å². The van der Waals surface area contributed by atoms with E-state index in [0.29, 0.717) is 43.0 Å². The highest BCUT2D eigenvalue weighted by Crippen LogP contribution is 2.33. The molecule has 208 valence electrons. The summed E-state index contributed by atoms with van der Waals surface area (Å²) in [4.78, 5) is 34.5. The van der Waals surface area contributed by atoms with Crippen LogP contribution in [0.15, 0.2) is 54.0 Å². The number of amides is 1. The Bertz CT molecular complexity index is 1560. The van der Waals surface area contributed by atoms with Gasteiger partial charge in [-0.2, -0.15) is 5.10 Å². The van der Waals surface area contributed by atoms with Crippen LogP contribution in [0.25, 0.3) is 16.7 Å². The van der Waals surface area contributed by atoms with Crippen molar-refractivity contribution < 1.29 is 9.90 Å². The Morgan fingerprint density at radius 3 is 2.40 bits per heavy atom. The molecule has 12 heteroatoms. The van der Waals surface area contributed by atoms with E-state index < -0.39 is 5.60 Å². The van der Waals surface area contributed by atoms with Gasteiger partial charge in [-0.15, -0.1) is 5.10 Å². The highest BCUT2D eigenvalue weighted by molar-refractivity contribution is 5.81. The van der Waals surface area contributed by atoms with Gasteiger partial charge in [0.05, 0.1) is 36.3 Å². The summed E-state index contributed by atoms with van der Waals surface area (Å²) in [6, 6.07) is 8.54. The van der Waals surface area contributed by atoms with Crippen molar-refractivity contribution in [1.29, 1.82) is 0 Å². The average Bonchev–Trinajstić information content (AvgIpc) is 3.50. The molecule has 3 aromatic heterocycles. The lowest BCUT2D eigenvalue weighted by Gasteiger charge is -2.38. The number of aliphatic hydroxyl groups is 1. The van der Waals surface area contributed by atoms with Gasteiger partial charge in [-0.3, -0.25) is 14.2 Å². The van der Waals surface area contributed by atoms with E-state index in [2.05, 4.69) is 37.4 Å². The van der Waals surface area contributed by atoms with Crippen molar-refractivity contribution >= 4 is 22.6 Å². The fourth-order valence-electron chi connectivity index (χ4n) is 6.06. The summed E-state index contributed by atoms with van der Waals surface area (Å²) in [5, 5.41) is 24.1. The Morgan fingerprint density at radius 1 is 1.00 bits per heavy atom. The Hall–Kier alpha value is -4.06. The third-order valence-electron chi connectivity index (χ3n) is 8.69. The van der Waals surface area contributed by atoms with Crippen molar-refractivity contribution in [2.45, 2.75) is 56.7 Å². The van der Waals surface area contributed by atoms with Crippen LogP contribution in [0.2, 0.25) is 0 Å². The lowest BCUT2D eigenvalue weighted by atomic mass is 9.91. The molecule has 4 aromatic rings. The first-order valence-corrected chi connectivity index (χ1v) is 14.1. The largest absolute Gasteiger partial charge is 0.388 e. The topological polar surface area (TPSA) is 127 Å². The van der Waals surface area contributed by atoms with Crippen LogP contribution in [0.1, 0.15) is 44.6 Å². The molecule has 1 N–H and O–H groups in total. The molecule has 5 heterocycles.